The van der Waals surface area contributed by atoms with Crippen molar-refractivity contribution in [2.45, 2.75) is 38.5 Å². The van der Waals surface area contributed by atoms with Crippen molar-refractivity contribution in [1.82, 2.24) is 19.9 Å². The summed E-state index contributed by atoms with van der Waals surface area (Å²) in [5, 5.41) is 10.7. The van der Waals surface area contributed by atoms with Gasteiger partial charge in [-0.2, -0.15) is 0 Å². The maximum atomic E-state index is 12.2. The molecule has 4 rings (SSSR count). The number of benzene rings is 1. The van der Waals surface area contributed by atoms with Crippen molar-refractivity contribution in [2.75, 3.05) is 12.9 Å². The summed E-state index contributed by atoms with van der Waals surface area (Å²) < 4.78 is 5.16. The number of carboxylic acid groups (broad SMARTS) is 1. The Morgan fingerprint density at radius 2 is 2.09 bits per heavy atom. The van der Waals surface area contributed by atoms with E-state index < -0.39 is 5.97 Å². The summed E-state index contributed by atoms with van der Waals surface area (Å²) in [6, 6.07) is 4.99. The van der Waals surface area contributed by atoms with E-state index in [0.29, 0.717) is 18.3 Å². The number of ether oxygens (including phenoxy) is 1. The number of carbonyl (C=O) groups excluding carboxylic acids is 1. The molecule has 0 bridgehead atoms. The fourth-order valence-electron chi connectivity index (χ4n) is 3.53. The van der Waals surface area contributed by atoms with Crippen LogP contribution in [0.5, 0.6) is 0 Å². The van der Waals surface area contributed by atoms with Crippen molar-refractivity contribution in [3.8, 4) is 21.0 Å². The van der Waals surface area contributed by atoms with Crippen molar-refractivity contribution in [2.24, 2.45) is 0 Å². The molecule has 1 aliphatic heterocycles. The number of aryl methyl sites for hydroxylation is 2. The van der Waals surface area contributed by atoms with E-state index in [4.69, 9.17) is 9.72 Å². The zero-order chi connectivity index (χ0) is 23.0. The zero-order valence-electron chi connectivity index (χ0n) is 18.1. The summed E-state index contributed by atoms with van der Waals surface area (Å²) >= 11 is 2.94. The second-order valence-corrected chi connectivity index (χ2v) is 9.31. The average molecular weight is 471 g/mol. The first-order valence-electron chi connectivity index (χ1n) is 9.94. The molecule has 0 saturated carbocycles. The van der Waals surface area contributed by atoms with E-state index in [2.05, 4.69) is 9.97 Å². The van der Waals surface area contributed by atoms with Crippen LogP contribution in [0.15, 0.2) is 29.6 Å². The highest BCUT2D eigenvalue weighted by Gasteiger charge is 2.31. The Bertz CT molecular complexity index is 1210. The third-order valence-electron chi connectivity index (χ3n) is 5.31. The number of carboxylic acids is 1. The van der Waals surface area contributed by atoms with Crippen molar-refractivity contribution in [1.29, 1.82) is 0 Å². The number of hydrogen-bond acceptors (Lipinski definition) is 8. The number of hydrogen-bond donors (Lipinski definition) is 1. The van der Waals surface area contributed by atoms with Crippen LogP contribution in [0.25, 0.3) is 21.0 Å². The molecule has 0 aliphatic carbocycles. The highest BCUT2D eigenvalue weighted by Crippen LogP contribution is 2.38. The fraction of sp³-hybridized carbons (Fsp3) is 0.318. The van der Waals surface area contributed by atoms with Gasteiger partial charge in [-0.05, 0) is 44.7 Å². The van der Waals surface area contributed by atoms with Gasteiger partial charge in [0.2, 0.25) is 0 Å². The minimum atomic E-state index is -0.957. The van der Waals surface area contributed by atoms with E-state index in [-0.39, 0.29) is 17.7 Å². The predicted molar refractivity (Wildman–Crippen MR) is 123 cm³/mol. The minimum Gasteiger partial charge on any atom is -0.478 e. The summed E-state index contributed by atoms with van der Waals surface area (Å²) in [5.74, 6) is -0.957. The molecule has 166 valence electrons. The van der Waals surface area contributed by atoms with Gasteiger partial charge >= 0.3 is 12.1 Å². The van der Waals surface area contributed by atoms with Gasteiger partial charge in [-0.25, -0.2) is 24.5 Å². The Kier molecular flexibility index (Phi) is 6.16. The number of aromatic carboxylic acids is 1. The summed E-state index contributed by atoms with van der Waals surface area (Å²) in [6.07, 6.45) is 3.35. The summed E-state index contributed by atoms with van der Waals surface area (Å²) in [7, 11) is 0. The molecule has 0 radical (unpaired) electrons. The lowest BCUT2D eigenvalue weighted by atomic mass is 10.1. The Balaban J connectivity index is 1.75. The smallest absolute Gasteiger partial charge is 0.410 e. The van der Waals surface area contributed by atoms with Gasteiger partial charge in [0.1, 0.15) is 11.6 Å². The van der Waals surface area contributed by atoms with Crippen LogP contribution in [0.3, 0.4) is 0 Å². The van der Waals surface area contributed by atoms with Crippen LogP contribution in [0, 0.1) is 13.8 Å². The zero-order valence-corrected chi connectivity index (χ0v) is 19.7. The van der Waals surface area contributed by atoms with Crippen LogP contribution >= 0.6 is 23.1 Å². The molecule has 2 aromatic heterocycles. The Morgan fingerprint density at radius 1 is 1.31 bits per heavy atom. The summed E-state index contributed by atoms with van der Waals surface area (Å²) in [4.78, 5) is 39.9. The molecule has 1 saturated heterocycles. The molecule has 10 heteroatoms. The fourth-order valence-corrected chi connectivity index (χ4v) is 5.08. The van der Waals surface area contributed by atoms with E-state index in [1.54, 1.807) is 29.3 Å². The maximum absolute atomic E-state index is 12.2. The van der Waals surface area contributed by atoms with E-state index in [1.807, 2.05) is 27.0 Å². The van der Waals surface area contributed by atoms with Gasteiger partial charge in [-0.15, -0.1) is 11.3 Å². The SMILES string of the molecule is CSc1ncc(-c2sc(-c3ccc(C(=O)O)cc3C)nc2C)c(CN2C(=O)OC[C@@H]2C)n1. The van der Waals surface area contributed by atoms with Crippen molar-refractivity contribution < 1.29 is 19.4 Å². The average Bonchev–Trinajstić information content (AvgIpc) is 3.30. The quantitative estimate of drug-likeness (QED) is 0.410. The van der Waals surface area contributed by atoms with Gasteiger partial charge in [0, 0.05) is 17.3 Å². The number of thiazole rings is 1. The van der Waals surface area contributed by atoms with E-state index in [9.17, 15) is 14.7 Å². The third kappa shape index (κ3) is 4.20. The minimum absolute atomic E-state index is 0.0310. The number of rotatable bonds is 6. The molecule has 3 heterocycles. The second kappa shape index (κ2) is 8.87. The molecule has 8 nitrogen and oxygen atoms in total. The number of aromatic nitrogens is 3. The van der Waals surface area contributed by atoms with E-state index in [1.165, 1.54) is 23.1 Å². The molecular weight excluding hydrogens is 448 g/mol. The van der Waals surface area contributed by atoms with Crippen LogP contribution in [-0.2, 0) is 11.3 Å². The monoisotopic (exact) mass is 470 g/mol. The molecule has 1 N–H and O–H groups in total. The van der Waals surface area contributed by atoms with Crippen LogP contribution in [0.1, 0.15) is 34.2 Å². The lowest BCUT2D eigenvalue weighted by Gasteiger charge is -2.19. The van der Waals surface area contributed by atoms with Gasteiger partial charge < -0.3 is 9.84 Å². The Morgan fingerprint density at radius 3 is 2.72 bits per heavy atom. The number of amides is 1. The van der Waals surface area contributed by atoms with Crippen LogP contribution in [0.2, 0.25) is 0 Å². The normalized spacial score (nSPS) is 15.8. The Hall–Kier alpha value is -2.98. The lowest BCUT2D eigenvalue weighted by molar-refractivity contribution is 0.0696. The lowest BCUT2D eigenvalue weighted by Crippen LogP contribution is -2.31. The summed E-state index contributed by atoms with van der Waals surface area (Å²) in [5.41, 5.74) is 4.37. The predicted octanol–water partition coefficient (Wildman–Crippen LogP) is 4.64. The van der Waals surface area contributed by atoms with E-state index in [0.717, 1.165) is 38.0 Å². The van der Waals surface area contributed by atoms with Gasteiger partial charge in [0.15, 0.2) is 5.16 Å². The molecular formula is C22H22N4O4S2. The first kappa shape index (κ1) is 22.2. The van der Waals surface area contributed by atoms with Crippen molar-refractivity contribution >= 4 is 35.2 Å². The largest absolute Gasteiger partial charge is 0.478 e. The molecule has 1 aromatic carbocycles. The molecule has 1 amide bonds. The molecule has 0 spiro atoms. The highest BCUT2D eigenvalue weighted by molar-refractivity contribution is 7.98. The van der Waals surface area contributed by atoms with Gasteiger partial charge in [-0.1, -0.05) is 17.8 Å². The molecule has 1 aliphatic rings. The first-order chi connectivity index (χ1) is 15.3. The van der Waals surface area contributed by atoms with Gasteiger partial charge in [0.25, 0.3) is 0 Å². The van der Waals surface area contributed by atoms with E-state index >= 15 is 0 Å². The molecule has 1 fully saturated rings. The first-order valence-corrected chi connectivity index (χ1v) is 12.0. The number of thioether (sulfide) groups is 1. The molecule has 0 unspecified atom stereocenters. The summed E-state index contributed by atoms with van der Waals surface area (Å²) in [6.45, 7) is 6.44. The topological polar surface area (TPSA) is 106 Å². The third-order valence-corrected chi connectivity index (χ3v) is 7.09. The van der Waals surface area contributed by atoms with Crippen LogP contribution in [-0.4, -0.2) is 55.9 Å². The van der Waals surface area contributed by atoms with Crippen molar-refractivity contribution in [3.05, 3.63) is 46.9 Å². The molecule has 1 atom stereocenters. The van der Waals surface area contributed by atoms with Gasteiger partial charge in [-0.3, -0.25) is 4.90 Å². The Labute approximate surface area is 193 Å². The van der Waals surface area contributed by atoms with Crippen molar-refractivity contribution in [3.63, 3.8) is 0 Å². The van der Waals surface area contributed by atoms with Crippen LogP contribution in [0.4, 0.5) is 4.79 Å². The maximum Gasteiger partial charge on any atom is 0.410 e. The number of cyclic esters (lactones) is 1. The standard InChI is InChI=1S/C22H22N4O4S2/c1-11-7-14(20(27)28)5-6-15(11)19-24-13(3)18(32-19)16-8-23-21(31-4)25-17(16)9-26-12(2)10-30-22(26)29/h5-8,12H,9-10H2,1-4H3,(H,27,28)/t12-/m0/s1. The highest BCUT2D eigenvalue weighted by atomic mass is 32.2. The second-order valence-electron chi connectivity index (χ2n) is 7.54. The molecule has 32 heavy (non-hydrogen) atoms. The number of carbonyl (C=O) groups is 2. The van der Waals surface area contributed by atoms with Gasteiger partial charge in [0.05, 0.1) is 34.4 Å². The number of nitrogens with zero attached hydrogens (tertiary/aromatic N) is 4. The molecule has 3 aromatic rings. The van der Waals surface area contributed by atoms with Crippen LogP contribution < -0.4 is 0 Å².